The molecule has 4 heteroatoms. The third kappa shape index (κ3) is 5.95. The minimum atomic E-state index is -0.454. The first-order chi connectivity index (χ1) is 13.5. The summed E-state index contributed by atoms with van der Waals surface area (Å²) in [5.74, 6) is -0.0656. The second kappa shape index (κ2) is 10.6. The van der Waals surface area contributed by atoms with Crippen LogP contribution in [0.25, 0.3) is 0 Å². The molecule has 0 fully saturated rings. The van der Waals surface area contributed by atoms with Crippen molar-refractivity contribution in [1.29, 1.82) is 0 Å². The van der Waals surface area contributed by atoms with E-state index < -0.39 is 6.04 Å². The predicted octanol–water partition coefficient (Wildman–Crippen LogP) is 4.18. The van der Waals surface area contributed by atoms with Gasteiger partial charge in [-0.1, -0.05) is 61.0 Å². The van der Waals surface area contributed by atoms with Crippen molar-refractivity contribution in [3.05, 3.63) is 70.8 Å². The van der Waals surface area contributed by atoms with Gasteiger partial charge in [0.15, 0.2) is 0 Å². The van der Waals surface area contributed by atoms with Gasteiger partial charge in [0.2, 0.25) is 11.8 Å². The number of carbonyl (C=O) groups excluding carboxylic acids is 2. The summed E-state index contributed by atoms with van der Waals surface area (Å²) in [4.78, 5) is 27.5. The first kappa shape index (κ1) is 21.7. The van der Waals surface area contributed by atoms with Crippen molar-refractivity contribution in [3.8, 4) is 0 Å². The lowest BCUT2D eigenvalue weighted by Gasteiger charge is -2.31. The van der Waals surface area contributed by atoms with E-state index in [4.69, 9.17) is 0 Å². The lowest BCUT2D eigenvalue weighted by molar-refractivity contribution is -0.141. The number of hydrogen-bond donors (Lipinski definition) is 1. The van der Waals surface area contributed by atoms with E-state index in [1.54, 1.807) is 4.90 Å². The summed E-state index contributed by atoms with van der Waals surface area (Å²) < 4.78 is 0. The topological polar surface area (TPSA) is 49.4 Å². The molecule has 2 amide bonds. The number of rotatable bonds is 9. The van der Waals surface area contributed by atoms with Crippen molar-refractivity contribution >= 4 is 11.8 Å². The fourth-order valence-corrected chi connectivity index (χ4v) is 3.33. The number of aryl methyl sites for hydroxylation is 3. The van der Waals surface area contributed by atoms with E-state index in [0.717, 1.165) is 16.7 Å². The lowest BCUT2D eigenvalue weighted by atomic mass is 10.0. The number of amides is 2. The average Bonchev–Trinajstić information content (AvgIpc) is 2.69. The molecule has 2 aromatic rings. The van der Waals surface area contributed by atoms with Crippen molar-refractivity contribution in [2.24, 2.45) is 0 Å². The molecule has 0 aliphatic heterocycles. The summed E-state index contributed by atoms with van der Waals surface area (Å²) in [7, 11) is 0. The van der Waals surface area contributed by atoms with Crippen molar-refractivity contribution in [2.45, 2.75) is 59.5 Å². The first-order valence-electron chi connectivity index (χ1n) is 10.1. The van der Waals surface area contributed by atoms with Crippen LogP contribution in [-0.2, 0) is 22.6 Å². The molecular weight excluding hydrogens is 348 g/mol. The third-order valence-corrected chi connectivity index (χ3v) is 5.09. The van der Waals surface area contributed by atoms with Gasteiger partial charge in [0, 0.05) is 19.5 Å². The van der Waals surface area contributed by atoms with Gasteiger partial charge in [-0.05, 0) is 50.3 Å². The van der Waals surface area contributed by atoms with Gasteiger partial charge < -0.3 is 10.2 Å². The zero-order valence-corrected chi connectivity index (χ0v) is 17.5. The average molecular weight is 381 g/mol. The summed E-state index contributed by atoms with van der Waals surface area (Å²) >= 11 is 0. The summed E-state index contributed by atoms with van der Waals surface area (Å²) in [6.45, 7) is 8.96. The smallest absolute Gasteiger partial charge is 0.242 e. The molecule has 0 heterocycles. The Morgan fingerprint density at radius 2 is 1.68 bits per heavy atom. The van der Waals surface area contributed by atoms with Crippen LogP contribution in [0.5, 0.6) is 0 Å². The quantitative estimate of drug-likeness (QED) is 0.709. The number of nitrogens with zero attached hydrogens (tertiary/aromatic N) is 1. The van der Waals surface area contributed by atoms with E-state index in [2.05, 4.69) is 36.5 Å². The van der Waals surface area contributed by atoms with Gasteiger partial charge in [0.1, 0.15) is 6.04 Å². The third-order valence-electron chi connectivity index (χ3n) is 5.09. The first-order valence-corrected chi connectivity index (χ1v) is 10.1. The Kier molecular flexibility index (Phi) is 8.24. The fraction of sp³-hybridized carbons (Fsp3) is 0.417. The van der Waals surface area contributed by atoms with Crippen LogP contribution in [0.2, 0.25) is 0 Å². The van der Waals surface area contributed by atoms with Gasteiger partial charge in [0.25, 0.3) is 0 Å². The summed E-state index contributed by atoms with van der Waals surface area (Å²) in [5, 5.41) is 2.88. The fourth-order valence-electron chi connectivity index (χ4n) is 3.33. The number of benzene rings is 2. The van der Waals surface area contributed by atoms with E-state index in [0.29, 0.717) is 32.4 Å². The molecule has 1 N–H and O–H groups in total. The molecule has 0 unspecified atom stereocenters. The number of likely N-dealkylation sites (N-methyl/N-ethyl adjacent to an activating group) is 1. The lowest BCUT2D eigenvalue weighted by Crippen LogP contribution is -2.49. The van der Waals surface area contributed by atoms with E-state index >= 15 is 0 Å². The van der Waals surface area contributed by atoms with E-state index in [-0.39, 0.29) is 11.8 Å². The van der Waals surface area contributed by atoms with Gasteiger partial charge in [-0.3, -0.25) is 9.59 Å². The maximum atomic E-state index is 13.2. The molecule has 0 radical (unpaired) electrons. The monoisotopic (exact) mass is 380 g/mol. The van der Waals surface area contributed by atoms with E-state index in [9.17, 15) is 9.59 Å². The highest BCUT2D eigenvalue weighted by atomic mass is 16.2. The Bertz CT molecular complexity index is 783. The highest BCUT2D eigenvalue weighted by Crippen LogP contribution is 2.17. The molecule has 2 rings (SSSR count). The van der Waals surface area contributed by atoms with Crippen LogP contribution >= 0.6 is 0 Å². The van der Waals surface area contributed by atoms with E-state index in [1.165, 1.54) is 5.56 Å². The van der Waals surface area contributed by atoms with Crippen molar-refractivity contribution < 1.29 is 9.59 Å². The highest BCUT2D eigenvalue weighted by molar-refractivity contribution is 5.87. The maximum Gasteiger partial charge on any atom is 0.242 e. The molecular formula is C24H32N2O2. The van der Waals surface area contributed by atoms with Gasteiger partial charge >= 0.3 is 0 Å². The van der Waals surface area contributed by atoms with E-state index in [1.807, 2.05) is 45.0 Å². The molecule has 0 saturated carbocycles. The van der Waals surface area contributed by atoms with Crippen molar-refractivity contribution in [2.75, 3.05) is 6.54 Å². The SMILES string of the molecule is CCNC(=O)[C@@H](CC)N(Cc1ccccc1C)C(=O)CCc1ccc(C)cc1. The van der Waals surface area contributed by atoms with Crippen LogP contribution in [0.4, 0.5) is 0 Å². The molecule has 150 valence electrons. The molecule has 0 aliphatic rings. The Morgan fingerprint density at radius 3 is 2.29 bits per heavy atom. The normalized spacial score (nSPS) is 11.7. The molecule has 0 saturated heterocycles. The molecule has 2 aromatic carbocycles. The molecule has 0 bridgehead atoms. The zero-order chi connectivity index (χ0) is 20.5. The van der Waals surface area contributed by atoms with Crippen molar-refractivity contribution in [1.82, 2.24) is 10.2 Å². The molecule has 0 aliphatic carbocycles. The Balaban J connectivity index is 2.20. The van der Waals surface area contributed by atoms with Gasteiger partial charge in [-0.25, -0.2) is 0 Å². The molecule has 0 aromatic heterocycles. The van der Waals surface area contributed by atoms with Gasteiger partial charge in [-0.15, -0.1) is 0 Å². The highest BCUT2D eigenvalue weighted by Gasteiger charge is 2.28. The van der Waals surface area contributed by atoms with Crippen LogP contribution < -0.4 is 5.32 Å². The standard InChI is InChI=1S/C24H32N2O2/c1-5-22(24(28)25-6-2)26(17-21-10-8-7-9-19(21)4)23(27)16-15-20-13-11-18(3)12-14-20/h7-14,22H,5-6,15-17H2,1-4H3,(H,25,28)/t22-/m1/s1. The van der Waals surface area contributed by atoms with Gasteiger partial charge in [0.05, 0.1) is 0 Å². The van der Waals surface area contributed by atoms with Crippen LogP contribution in [0, 0.1) is 13.8 Å². The largest absolute Gasteiger partial charge is 0.355 e. The summed E-state index contributed by atoms with van der Waals surface area (Å²) in [6, 6.07) is 15.8. The van der Waals surface area contributed by atoms with Crippen LogP contribution in [0.1, 0.15) is 48.9 Å². The Labute approximate surface area is 169 Å². The predicted molar refractivity (Wildman–Crippen MR) is 114 cm³/mol. The van der Waals surface area contributed by atoms with Crippen molar-refractivity contribution in [3.63, 3.8) is 0 Å². The molecule has 28 heavy (non-hydrogen) atoms. The van der Waals surface area contributed by atoms with Crippen LogP contribution in [-0.4, -0.2) is 29.3 Å². The number of nitrogens with one attached hydrogen (secondary N) is 1. The molecule has 1 atom stereocenters. The minimum absolute atomic E-state index is 0.0157. The second-order valence-electron chi connectivity index (χ2n) is 7.25. The Hall–Kier alpha value is -2.62. The number of carbonyl (C=O) groups is 2. The summed E-state index contributed by atoms with van der Waals surface area (Å²) in [6.07, 6.45) is 1.66. The van der Waals surface area contributed by atoms with Crippen LogP contribution in [0.15, 0.2) is 48.5 Å². The number of hydrogen-bond acceptors (Lipinski definition) is 2. The molecule has 0 spiro atoms. The Morgan fingerprint density at radius 1 is 1.00 bits per heavy atom. The molecule has 4 nitrogen and oxygen atoms in total. The summed E-state index contributed by atoms with van der Waals surface area (Å²) in [5.41, 5.74) is 4.55. The van der Waals surface area contributed by atoms with Crippen LogP contribution in [0.3, 0.4) is 0 Å². The van der Waals surface area contributed by atoms with Gasteiger partial charge in [-0.2, -0.15) is 0 Å². The zero-order valence-electron chi connectivity index (χ0n) is 17.5. The maximum absolute atomic E-state index is 13.2. The second-order valence-corrected chi connectivity index (χ2v) is 7.25. The minimum Gasteiger partial charge on any atom is -0.355 e.